The van der Waals surface area contributed by atoms with E-state index in [2.05, 4.69) is 26.0 Å². The number of nitrogens with zero attached hydrogens (tertiary/aromatic N) is 1. The molecule has 0 radical (unpaired) electrons. The summed E-state index contributed by atoms with van der Waals surface area (Å²) in [7, 11) is 0. The average molecular weight is 330 g/mol. The maximum atomic E-state index is 12.7. The number of piperidine rings is 1. The van der Waals surface area contributed by atoms with Crippen LogP contribution in [-0.4, -0.2) is 36.0 Å². The molecule has 0 aromatic heterocycles. The lowest BCUT2D eigenvalue weighted by atomic mass is 9.85. The van der Waals surface area contributed by atoms with Gasteiger partial charge in [0.15, 0.2) is 0 Å². The molecule has 0 bridgehead atoms. The molecule has 1 saturated carbocycles. The Morgan fingerprint density at radius 3 is 2.54 bits per heavy atom. The van der Waals surface area contributed by atoms with Crippen molar-refractivity contribution in [3.8, 4) is 5.75 Å². The molecule has 132 valence electrons. The molecule has 2 aliphatic rings. The van der Waals surface area contributed by atoms with E-state index < -0.39 is 0 Å². The molecule has 1 heterocycles. The minimum atomic E-state index is 0.144. The Balaban J connectivity index is 1.50. The summed E-state index contributed by atoms with van der Waals surface area (Å²) in [5.41, 5.74) is 8.58. The zero-order valence-corrected chi connectivity index (χ0v) is 15.0. The van der Waals surface area contributed by atoms with Gasteiger partial charge in [0.05, 0.1) is 0 Å². The fourth-order valence-corrected chi connectivity index (χ4v) is 3.88. The molecule has 2 atom stereocenters. The predicted octanol–water partition coefficient (Wildman–Crippen LogP) is 3.19. The van der Waals surface area contributed by atoms with E-state index in [1.54, 1.807) is 0 Å². The zero-order valence-electron chi connectivity index (χ0n) is 15.0. The first-order valence-electron chi connectivity index (χ1n) is 9.31. The van der Waals surface area contributed by atoms with Gasteiger partial charge in [-0.25, -0.2) is 0 Å². The third-order valence-corrected chi connectivity index (χ3v) is 5.60. The molecule has 1 aromatic rings. The van der Waals surface area contributed by atoms with Gasteiger partial charge in [0.25, 0.3) is 0 Å². The summed E-state index contributed by atoms with van der Waals surface area (Å²) < 4.78 is 6.12. The predicted molar refractivity (Wildman–Crippen MR) is 96.1 cm³/mol. The molecular weight excluding hydrogens is 300 g/mol. The number of carbonyl (C=O) groups excluding carboxylic acids is 1. The van der Waals surface area contributed by atoms with Crippen LogP contribution < -0.4 is 10.5 Å². The number of carbonyl (C=O) groups is 1. The van der Waals surface area contributed by atoms with Gasteiger partial charge >= 0.3 is 0 Å². The smallest absolute Gasteiger partial charge is 0.225 e. The lowest BCUT2D eigenvalue weighted by Gasteiger charge is -2.36. The van der Waals surface area contributed by atoms with E-state index in [9.17, 15) is 4.79 Å². The number of hydrogen-bond donors (Lipinski definition) is 1. The summed E-state index contributed by atoms with van der Waals surface area (Å²) in [5, 5.41) is 0. The lowest BCUT2D eigenvalue weighted by Crippen LogP contribution is -2.46. The van der Waals surface area contributed by atoms with Gasteiger partial charge in [0.2, 0.25) is 5.91 Å². The first kappa shape index (κ1) is 17.3. The largest absolute Gasteiger partial charge is 0.490 e. The van der Waals surface area contributed by atoms with Gasteiger partial charge in [-0.2, -0.15) is 0 Å². The molecule has 1 aliphatic heterocycles. The molecule has 4 nitrogen and oxygen atoms in total. The van der Waals surface area contributed by atoms with Gasteiger partial charge < -0.3 is 15.4 Å². The molecule has 2 fully saturated rings. The summed E-state index contributed by atoms with van der Waals surface area (Å²) in [5.74, 6) is 1.40. The number of hydrogen-bond acceptors (Lipinski definition) is 3. The minimum Gasteiger partial charge on any atom is -0.490 e. The maximum absolute atomic E-state index is 12.7. The summed E-state index contributed by atoms with van der Waals surface area (Å²) in [4.78, 5) is 14.7. The van der Waals surface area contributed by atoms with Crippen LogP contribution in [0.2, 0.25) is 0 Å². The first-order chi connectivity index (χ1) is 11.5. The second-order valence-electron chi connectivity index (χ2n) is 7.51. The Kier molecular flexibility index (Phi) is 5.44. The third-order valence-electron chi connectivity index (χ3n) is 5.60. The van der Waals surface area contributed by atoms with Gasteiger partial charge in [-0.15, -0.1) is 0 Å². The number of benzene rings is 1. The summed E-state index contributed by atoms with van der Waals surface area (Å²) in [6, 6.07) is 6.47. The van der Waals surface area contributed by atoms with Gasteiger partial charge in [0, 0.05) is 37.9 Å². The molecular formula is C20H30N2O2. The Bertz CT molecular complexity index is 579. The Labute approximate surface area is 145 Å². The van der Waals surface area contributed by atoms with E-state index in [1.807, 2.05) is 11.0 Å². The SMILES string of the molecule is Cc1ccc(OC2CCN(C(=O)[C@@H]3CCC[C@H](N)C3)CC2)cc1C. The van der Waals surface area contributed by atoms with Crippen LogP contribution >= 0.6 is 0 Å². The van der Waals surface area contributed by atoms with Gasteiger partial charge in [-0.05, 0) is 56.4 Å². The first-order valence-corrected chi connectivity index (χ1v) is 9.31. The Morgan fingerprint density at radius 1 is 1.12 bits per heavy atom. The van der Waals surface area contributed by atoms with Crippen molar-refractivity contribution in [1.29, 1.82) is 0 Å². The van der Waals surface area contributed by atoms with E-state index >= 15 is 0 Å². The topological polar surface area (TPSA) is 55.6 Å². The maximum Gasteiger partial charge on any atom is 0.225 e. The highest BCUT2D eigenvalue weighted by Crippen LogP contribution is 2.27. The third kappa shape index (κ3) is 4.10. The lowest BCUT2D eigenvalue weighted by molar-refractivity contribution is -0.138. The highest BCUT2D eigenvalue weighted by molar-refractivity contribution is 5.79. The Hall–Kier alpha value is -1.55. The molecule has 3 rings (SSSR count). The molecule has 1 amide bonds. The fourth-order valence-electron chi connectivity index (χ4n) is 3.88. The molecule has 0 spiro atoms. The van der Waals surface area contributed by atoms with Crippen LogP contribution in [0.3, 0.4) is 0 Å². The van der Waals surface area contributed by atoms with Crippen molar-refractivity contribution in [2.45, 2.75) is 64.5 Å². The number of rotatable bonds is 3. The molecule has 1 aromatic carbocycles. The number of likely N-dealkylation sites (tertiary alicyclic amines) is 1. The van der Waals surface area contributed by atoms with Crippen LogP contribution in [0.15, 0.2) is 18.2 Å². The van der Waals surface area contributed by atoms with Crippen molar-refractivity contribution >= 4 is 5.91 Å². The van der Waals surface area contributed by atoms with Crippen LogP contribution in [0.5, 0.6) is 5.75 Å². The average Bonchev–Trinajstić information content (AvgIpc) is 2.58. The van der Waals surface area contributed by atoms with Crippen molar-refractivity contribution in [3.05, 3.63) is 29.3 Å². The highest BCUT2D eigenvalue weighted by atomic mass is 16.5. The minimum absolute atomic E-state index is 0.144. The van der Waals surface area contributed by atoms with E-state index in [-0.39, 0.29) is 18.1 Å². The molecule has 1 aliphatic carbocycles. The number of aryl methyl sites for hydroxylation is 2. The van der Waals surface area contributed by atoms with Gasteiger partial charge in [0.1, 0.15) is 11.9 Å². The second kappa shape index (κ2) is 7.56. The fraction of sp³-hybridized carbons (Fsp3) is 0.650. The molecule has 1 saturated heterocycles. The Morgan fingerprint density at radius 2 is 1.88 bits per heavy atom. The van der Waals surface area contributed by atoms with Crippen LogP contribution in [0.25, 0.3) is 0 Å². The van der Waals surface area contributed by atoms with E-state index in [4.69, 9.17) is 10.5 Å². The molecule has 4 heteroatoms. The van der Waals surface area contributed by atoms with Crippen molar-refractivity contribution in [1.82, 2.24) is 4.90 Å². The van der Waals surface area contributed by atoms with E-state index in [0.717, 1.165) is 57.4 Å². The van der Waals surface area contributed by atoms with Crippen LogP contribution in [0.4, 0.5) is 0 Å². The highest BCUT2D eigenvalue weighted by Gasteiger charge is 2.31. The molecule has 2 N–H and O–H groups in total. The quantitative estimate of drug-likeness (QED) is 0.926. The van der Waals surface area contributed by atoms with Crippen LogP contribution in [-0.2, 0) is 4.79 Å². The van der Waals surface area contributed by atoms with Gasteiger partial charge in [-0.3, -0.25) is 4.79 Å². The van der Waals surface area contributed by atoms with Crippen LogP contribution in [0.1, 0.15) is 49.7 Å². The second-order valence-corrected chi connectivity index (χ2v) is 7.51. The van der Waals surface area contributed by atoms with Crippen molar-refractivity contribution in [2.75, 3.05) is 13.1 Å². The molecule has 0 unspecified atom stereocenters. The zero-order chi connectivity index (χ0) is 17.1. The molecule has 24 heavy (non-hydrogen) atoms. The standard InChI is InChI=1S/C20H30N2O2/c1-14-6-7-19(12-15(14)2)24-18-8-10-22(11-9-18)20(23)16-4-3-5-17(21)13-16/h6-7,12,16-18H,3-5,8-11,13,21H2,1-2H3/t16-,17+/m1/s1. The van der Waals surface area contributed by atoms with Crippen LogP contribution in [0, 0.1) is 19.8 Å². The summed E-state index contributed by atoms with van der Waals surface area (Å²) in [6.45, 7) is 5.83. The summed E-state index contributed by atoms with van der Waals surface area (Å²) in [6.07, 6.45) is 6.06. The van der Waals surface area contributed by atoms with Crippen molar-refractivity contribution in [3.63, 3.8) is 0 Å². The van der Waals surface area contributed by atoms with E-state index in [0.29, 0.717) is 5.91 Å². The van der Waals surface area contributed by atoms with Gasteiger partial charge in [-0.1, -0.05) is 12.5 Å². The number of amides is 1. The van der Waals surface area contributed by atoms with E-state index in [1.165, 1.54) is 11.1 Å². The number of ether oxygens (including phenoxy) is 1. The normalized spacial score (nSPS) is 25.5. The number of nitrogens with two attached hydrogens (primary N) is 1. The van der Waals surface area contributed by atoms with Crippen molar-refractivity contribution < 1.29 is 9.53 Å². The monoisotopic (exact) mass is 330 g/mol. The van der Waals surface area contributed by atoms with Crippen molar-refractivity contribution in [2.24, 2.45) is 11.7 Å². The summed E-state index contributed by atoms with van der Waals surface area (Å²) >= 11 is 0.